The Labute approximate surface area is 126 Å². The van der Waals surface area contributed by atoms with Crippen LogP contribution in [-0.4, -0.2) is 41.7 Å². The maximum Gasteiger partial charge on any atom is 0.315 e. The predicted octanol–water partition coefficient (Wildman–Crippen LogP) is 2.71. The SMILES string of the molecule is CC.CC.O=C=NCCCC[C@@H]1SCC2NC(=O)NC21. The molecular weight excluding hydrogens is 274 g/mol. The maximum atomic E-state index is 11.1. The molecule has 0 radical (unpaired) electrons. The Balaban J connectivity index is 0.000000829. The molecule has 2 aliphatic heterocycles. The van der Waals surface area contributed by atoms with Gasteiger partial charge in [0.25, 0.3) is 0 Å². The number of urea groups is 1. The third-order valence-corrected chi connectivity index (χ3v) is 4.52. The summed E-state index contributed by atoms with van der Waals surface area (Å²) in [5, 5.41) is 6.38. The normalized spacial score (nSPS) is 25.8. The molecule has 5 nitrogen and oxygen atoms in total. The van der Waals surface area contributed by atoms with E-state index >= 15 is 0 Å². The van der Waals surface area contributed by atoms with E-state index in [1.807, 2.05) is 39.5 Å². The van der Waals surface area contributed by atoms with Crippen molar-refractivity contribution < 1.29 is 9.59 Å². The van der Waals surface area contributed by atoms with E-state index in [9.17, 15) is 9.59 Å². The van der Waals surface area contributed by atoms with Gasteiger partial charge in [0.05, 0.1) is 18.6 Å². The minimum atomic E-state index is -0.0362. The van der Waals surface area contributed by atoms with Gasteiger partial charge in [-0.2, -0.15) is 11.8 Å². The van der Waals surface area contributed by atoms with Gasteiger partial charge in [-0.25, -0.2) is 14.6 Å². The summed E-state index contributed by atoms with van der Waals surface area (Å²) in [6.45, 7) is 8.57. The fourth-order valence-corrected chi connectivity index (χ4v) is 3.77. The molecule has 2 rings (SSSR count). The van der Waals surface area contributed by atoms with Crippen molar-refractivity contribution in [2.75, 3.05) is 12.3 Å². The summed E-state index contributed by atoms with van der Waals surface area (Å²) in [5.74, 6) is 1.00. The maximum absolute atomic E-state index is 11.1. The molecule has 0 aliphatic carbocycles. The number of carbonyl (C=O) groups is 1. The highest BCUT2D eigenvalue weighted by Gasteiger charge is 2.42. The van der Waals surface area contributed by atoms with Crippen LogP contribution in [0.15, 0.2) is 4.99 Å². The zero-order valence-corrected chi connectivity index (χ0v) is 13.8. The second kappa shape index (κ2) is 11.8. The molecule has 0 spiro atoms. The molecule has 2 amide bonds. The number of amides is 2. The zero-order valence-electron chi connectivity index (χ0n) is 12.9. The molecule has 3 atom stereocenters. The highest BCUT2D eigenvalue weighted by molar-refractivity contribution is 8.00. The lowest BCUT2D eigenvalue weighted by atomic mass is 10.0. The molecule has 2 unspecified atom stereocenters. The molecule has 2 N–H and O–H groups in total. The van der Waals surface area contributed by atoms with Crippen molar-refractivity contribution in [2.45, 2.75) is 64.3 Å². The number of thioether (sulfide) groups is 1. The van der Waals surface area contributed by atoms with Crippen LogP contribution in [0.4, 0.5) is 4.79 Å². The van der Waals surface area contributed by atoms with Gasteiger partial charge in [-0.3, -0.25) is 0 Å². The molecule has 0 aromatic rings. The van der Waals surface area contributed by atoms with Crippen LogP contribution in [0, 0.1) is 0 Å². The minimum absolute atomic E-state index is 0.0362. The summed E-state index contributed by atoms with van der Waals surface area (Å²) < 4.78 is 0. The lowest BCUT2D eigenvalue weighted by molar-refractivity contribution is 0.247. The van der Waals surface area contributed by atoms with Crippen molar-refractivity contribution in [1.82, 2.24) is 10.6 Å². The first-order chi connectivity index (χ1) is 9.81. The number of hydrogen-bond acceptors (Lipinski definition) is 4. The van der Waals surface area contributed by atoms with Gasteiger partial charge in [0.15, 0.2) is 0 Å². The number of hydrogen-bond donors (Lipinski definition) is 2. The van der Waals surface area contributed by atoms with Gasteiger partial charge in [0.1, 0.15) is 0 Å². The molecule has 0 aromatic heterocycles. The van der Waals surface area contributed by atoms with Crippen LogP contribution in [0.3, 0.4) is 0 Å². The average molecular weight is 301 g/mol. The second-order valence-electron chi connectivity index (χ2n) is 4.09. The lowest BCUT2D eigenvalue weighted by Crippen LogP contribution is -2.36. The first-order valence-corrected chi connectivity index (χ1v) is 8.58. The van der Waals surface area contributed by atoms with Gasteiger partial charge >= 0.3 is 6.03 Å². The van der Waals surface area contributed by atoms with E-state index in [0.717, 1.165) is 25.0 Å². The molecule has 6 heteroatoms. The smallest absolute Gasteiger partial charge is 0.315 e. The number of carbonyl (C=O) groups excluding carboxylic acids is 2. The second-order valence-corrected chi connectivity index (χ2v) is 5.36. The summed E-state index contributed by atoms with van der Waals surface area (Å²) in [4.78, 5) is 24.5. The molecule has 20 heavy (non-hydrogen) atoms. The van der Waals surface area contributed by atoms with Crippen molar-refractivity contribution >= 4 is 23.9 Å². The van der Waals surface area contributed by atoms with Crippen LogP contribution in [0.5, 0.6) is 0 Å². The molecule has 2 aliphatic rings. The number of fused-ring (bicyclic) bond motifs is 1. The molecule has 116 valence electrons. The van der Waals surface area contributed by atoms with Crippen molar-refractivity contribution in [3.05, 3.63) is 0 Å². The van der Waals surface area contributed by atoms with E-state index in [1.54, 1.807) is 6.08 Å². The van der Waals surface area contributed by atoms with Gasteiger partial charge in [0, 0.05) is 11.0 Å². The van der Waals surface area contributed by atoms with E-state index in [-0.39, 0.29) is 12.1 Å². The number of unbranched alkanes of at least 4 members (excludes halogenated alkanes) is 1. The number of aliphatic imine (C=N–C) groups is 1. The van der Waals surface area contributed by atoms with E-state index in [2.05, 4.69) is 15.6 Å². The summed E-state index contributed by atoms with van der Waals surface area (Å²) in [6.07, 6.45) is 4.58. The lowest BCUT2D eigenvalue weighted by Gasteiger charge is -2.15. The first-order valence-electron chi connectivity index (χ1n) is 7.53. The van der Waals surface area contributed by atoms with Crippen LogP contribution in [0.1, 0.15) is 47.0 Å². The Morgan fingerprint density at radius 2 is 1.95 bits per heavy atom. The Bertz CT molecular complexity index is 320. The summed E-state index contributed by atoms with van der Waals surface area (Å²) >= 11 is 1.92. The van der Waals surface area contributed by atoms with Gasteiger partial charge in [-0.15, -0.1) is 0 Å². The summed E-state index contributed by atoms with van der Waals surface area (Å²) in [7, 11) is 0. The van der Waals surface area contributed by atoms with Gasteiger partial charge in [-0.05, 0) is 12.8 Å². The van der Waals surface area contributed by atoms with Crippen LogP contribution < -0.4 is 10.6 Å². The minimum Gasteiger partial charge on any atom is -0.332 e. The van der Waals surface area contributed by atoms with E-state index in [1.165, 1.54) is 0 Å². The fourth-order valence-electron chi connectivity index (χ4n) is 2.23. The molecule has 2 saturated heterocycles. The highest BCUT2D eigenvalue weighted by Crippen LogP contribution is 2.32. The van der Waals surface area contributed by atoms with E-state index in [0.29, 0.717) is 17.8 Å². The molecule has 2 heterocycles. The van der Waals surface area contributed by atoms with Crippen LogP contribution >= 0.6 is 11.8 Å². The monoisotopic (exact) mass is 301 g/mol. The van der Waals surface area contributed by atoms with Crippen molar-refractivity contribution in [3.8, 4) is 0 Å². The standard InChI is InChI=1S/C10H15N3O2S.2C2H6/c14-6-11-4-2-1-3-8-9-7(5-16-8)12-10(15)13-9;2*1-2/h7-9H,1-5H2,(H2,12,13,15);2*1-2H3/t7?,8-,9?;;/m0../s1. The fraction of sp³-hybridized carbons (Fsp3) is 0.857. The largest absolute Gasteiger partial charge is 0.332 e. The zero-order chi connectivity index (χ0) is 15.4. The Kier molecular flexibility index (Phi) is 11.2. The highest BCUT2D eigenvalue weighted by atomic mass is 32.2. The third-order valence-electron chi connectivity index (χ3n) is 3.01. The number of nitrogens with zero attached hydrogens (tertiary/aromatic N) is 1. The third kappa shape index (κ3) is 5.97. The quantitative estimate of drug-likeness (QED) is 0.355. The van der Waals surface area contributed by atoms with Crippen LogP contribution in [-0.2, 0) is 4.79 Å². The Hall–Kier alpha value is -1.00. The predicted molar refractivity (Wildman–Crippen MR) is 85.0 cm³/mol. The van der Waals surface area contributed by atoms with E-state index in [4.69, 9.17) is 0 Å². The Morgan fingerprint density at radius 3 is 2.60 bits per heavy atom. The average Bonchev–Trinajstić information content (AvgIpc) is 3.03. The van der Waals surface area contributed by atoms with Crippen molar-refractivity contribution in [2.24, 2.45) is 4.99 Å². The number of nitrogens with one attached hydrogen (secondary N) is 2. The van der Waals surface area contributed by atoms with Crippen LogP contribution in [0.2, 0.25) is 0 Å². The molecule has 0 aromatic carbocycles. The van der Waals surface area contributed by atoms with Crippen molar-refractivity contribution in [1.29, 1.82) is 0 Å². The van der Waals surface area contributed by atoms with Gasteiger partial charge < -0.3 is 10.6 Å². The summed E-state index contributed by atoms with van der Waals surface area (Å²) in [6, 6.07) is 0.549. The van der Waals surface area contributed by atoms with Crippen LogP contribution in [0.25, 0.3) is 0 Å². The molecular formula is C14H27N3O2S. The number of rotatable bonds is 5. The van der Waals surface area contributed by atoms with E-state index < -0.39 is 0 Å². The first kappa shape index (κ1) is 19.0. The van der Waals surface area contributed by atoms with Crippen molar-refractivity contribution in [3.63, 3.8) is 0 Å². The molecule has 0 saturated carbocycles. The Morgan fingerprint density at radius 1 is 1.25 bits per heavy atom. The molecule has 0 bridgehead atoms. The van der Waals surface area contributed by atoms with Gasteiger partial charge in [0.2, 0.25) is 6.08 Å². The van der Waals surface area contributed by atoms with Gasteiger partial charge in [-0.1, -0.05) is 34.1 Å². The number of isocyanates is 1. The molecule has 2 fully saturated rings. The topological polar surface area (TPSA) is 70.6 Å². The summed E-state index contributed by atoms with van der Waals surface area (Å²) in [5.41, 5.74) is 0.